The second-order valence-electron chi connectivity index (χ2n) is 6.98. The molecule has 0 amide bonds. The zero-order chi connectivity index (χ0) is 12.4. The van der Waals surface area contributed by atoms with E-state index in [-0.39, 0.29) is 5.79 Å². The third-order valence-electron chi connectivity index (χ3n) is 6.13. The largest absolute Gasteiger partial charge is 0.462 e. The van der Waals surface area contributed by atoms with Crippen LogP contribution in [0.3, 0.4) is 0 Å². The third kappa shape index (κ3) is 1.41. The minimum absolute atomic E-state index is 0.287. The molecule has 2 nitrogen and oxygen atoms in total. The Bertz CT molecular complexity index is 506. The maximum absolute atomic E-state index is 6.32. The van der Waals surface area contributed by atoms with Crippen molar-refractivity contribution in [1.29, 1.82) is 0 Å². The Kier molecular flexibility index (Phi) is 2.00. The molecular weight excluding hydrogens is 236 g/mol. The van der Waals surface area contributed by atoms with E-state index in [4.69, 9.17) is 9.47 Å². The monoisotopic (exact) mass is 256 g/mol. The quantitative estimate of drug-likeness (QED) is 0.704. The first kappa shape index (κ1) is 10.7. The van der Waals surface area contributed by atoms with Gasteiger partial charge in [0, 0.05) is 18.4 Å². The second-order valence-corrected chi connectivity index (χ2v) is 6.98. The molecule has 4 unspecified atom stereocenters. The van der Waals surface area contributed by atoms with Crippen molar-refractivity contribution < 1.29 is 9.47 Å². The maximum Gasteiger partial charge on any atom is 0.211 e. The van der Waals surface area contributed by atoms with Crippen molar-refractivity contribution in [2.75, 3.05) is 0 Å². The molecule has 3 fully saturated rings. The van der Waals surface area contributed by atoms with E-state index < -0.39 is 0 Å². The number of para-hydroxylation sites is 1. The van der Waals surface area contributed by atoms with Crippen molar-refractivity contribution in [3.8, 4) is 5.75 Å². The first-order chi connectivity index (χ1) is 9.33. The molecule has 0 aromatic heterocycles. The third-order valence-corrected chi connectivity index (χ3v) is 6.13. The molecule has 1 aromatic rings. The van der Waals surface area contributed by atoms with Crippen LogP contribution >= 0.6 is 0 Å². The molecular formula is C17H20O2. The van der Waals surface area contributed by atoms with Crippen molar-refractivity contribution >= 4 is 0 Å². The van der Waals surface area contributed by atoms with E-state index in [1.165, 1.54) is 24.8 Å². The van der Waals surface area contributed by atoms with Gasteiger partial charge in [-0.25, -0.2) is 0 Å². The maximum atomic E-state index is 6.32. The van der Waals surface area contributed by atoms with Crippen LogP contribution in [0.2, 0.25) is 0 Å². The first-order valence-electron chi connectivity index (χ1n) is 7.74. The van der Waals surface area contributed by atoms with Gasteiger partial charge in [0.1, 0.15) is 5.75 Å². The average molecular weight is 256 g/mol. The van der Waals surface area contributed by atoms with Crippen LogP contribution in [-0.2, 0) is 11.3 Å². The molecule has 2 heteroatoms. The molecule has 1 spiro atoms. The molecule has 0 radical (unpaired) electrons. The van der Waals surface area contributed by atoms with E-state index in [2.05, 4.69) is 24.3 Å². The highest BCUT2D eigenvalue weighted by Crippen LogP contribution is 2.62. The van der Waals surface area contributed by atoms with Crippen LogP contribution in [0.1, 0.15) is 37.7 Å². The van der Waals surface area contributed by atoms with Crippen molar-refractivity contribution in [2.45, 2.75) is 44.5 Å². The van der Waals surface area contributed by atoms with E-state index in [1.54, 1.807) is 0 Å². The van der Waals surface area contributed by atoms with Gasteiger partial charge in [0.2, 0.25) is 5.79 Å². The smallest absolute Gasteiger partial charge is 0.211 e. The van der Waals surface area contributed by atoms with Gasteiger partial charge in [-0.15, -0.1) is 0 Å². The van der Waals surface area contributed by atoms with Crippen LogP contribution in [-0.4, -0.2) is 5.79 Å². The van der Waals surface area contributed by atoms with Gasteiger partial charge in [0.25, 0.3) is 0 Å². The molecule has 0 N–H and O–H groups in total. The number of fused-ring (bicyclic) bond motifs is 6. The summed E-state index contributed by atoms with van der Waals surface area (Å²) in [5.41, 5.74) is 1.20. The van der Waals surface area contributed by atoms with Crippen LogP contribution in [0, 0.1) is 23.7 Å². The normalized spacial score (nSPS) is 46.1. The molecule has 1 aromatic carbocycles. The molecule has 5 rings (SSSR count). The first-order valence-corrected chi connectivity index (χ1v) is 7.74. The lowest BCUT2D eigenvalue weighted by Crippen LogP contribution is -2.40. The summed E-state index contributed by atoms with van der Waals surface area (Å²) >= 11 is 0. The van der Waals surface area contributed by atoms with E-state index in [0.717, 1.165) is 48.9 Å². The van der Waals surface area contributed by atoms with E-state index >= 15 is 0 Å². The minimum atomic E-state index is -0.287. The van der Waals surface area contributed by atoms with Crippen LogP contribution in [0.25, 0.3) is 0 Å². The minimum Gasteiger partial charge on any atom is -0.462 e. The van der Waals surface area contributed by atoms with E-state index in [0.29, 0.717) is 0 Å². The van der Waals surface area contributed by atoms with Gasteiger partial charge < -0.3 is 9.47 Å². The Morgan fingerprint density at radius 2 is 1.74 bits per heavy atom. The van der Waals surface area contributed by atoms with Crippen molar-refractivity contribution in [3.05, 3.63) is 29.8 Å². The Morgan fingerprint density at radius 3 is 2.53 bits per heavy atom. The van der Waals surface area contributed by atoms with Crippen molar-refractivity contribution in [2.24, 2.45) is 23.7 Å². The van der Waals surface area contributed by atoms with E-state index in [9.17, 15) is 0 Å². The molecule has 0 saturated heterocycles. The molecule has 100 valence electrons. The predicted octanol–water partition coefficient (Wildman–Crippen LogP) is 3.75. The molecule has 4 aliphatic rings. The lowest BCUT2D eigenvalue weighted by atomic mass is 9.82. The number of hydrogen-bond acceptors (Lipinski definition) is 2. The molecule has 1 aliphatic heterocycles. The van der Waals surface area contributed by atoms with Crippen LogP contribution in [0.5, 0.6) is 5.75 Å². The molecule has 3 aliphatic carbocycles. The lowest BCUT2D eigenvalue weighted by molar-refractivity contribution is -0.205. The number of rotatable bonds is 0. The molecule has 19 heavy (non-hydrogen) atoms. The zero-order valence-corrected chi connectivity index (χ0v) is 11.2. The predicted molar refractivity (Wildman–Crippen MR) is 71.6 cm³/mol. The molecule has 2 bridgehead atoms. The standard InChI is InChI=1S/C17H20O2/c1-2-4-16-13(3-1)10-18-17(19-16)8-14-11-5-6-12(7-11)15(14)9-17/h1-4,11-12,14-15H,5-10H2. The fraction of sp³-hybridized carbons (Fsp3) is 0.647. The summed E-state index contributed by atoms with van der Waals surface area (Å²) in [5, 5.41) is 0. The number of hydrogen-bond donors (Lipinski definition) is 0. The highest BCUT2D eigenvalue weighted by atomic mass is 16.7. The second kappa shape index (κ2) is 3.54. The topological polar surface area (TPSA) is 18.5 Å². The van der Waals surface area contributed by atoms with Crippen molar-refractivity contribution in [1.82, 2.24) is 0 Å². The highest BCUT2D eigenvalue weighted by Gasteiger charge is 2.59. The summed E-state index contributed by atoms with van der Waals surface area (Å²) in [6.45, 7) is 0.727. The van der Waals surface area contributed by atoms with E-state index in [1.807, 2.05) is 0 Å². The molecule has 1 heterocycles. The fourth-order valence-electron chi connectivity index (χ4n) is 5.33. The van der Waals surface area contributed by atoms with Gasteiger partial charge >= 0.3 is 0 Å². The number of ether oxygens (including phenoxy) is 2. The van der Waals surface area contributed by atoms with Crippen molar-refractivity contribution in [3.63, 3.8) is 0 Å². The summed E-state index contributed by atoms with van der Waals surface area (Å²) in [5.74, 6) is 4.47. The Hall–Kier alpha value is -1.02. The Balaban J connectivity index is 1.46. The van der Waals surface area contributed by atoms with Crippen LogP contribution in [0.15, 0.2) is 24.3 Å². The average Bonchev–Trinajstić information content (AvgIpc) is 3.10. The summed E-state index contributed by atoms with van der Waals surface area (Å²) in [6, 6.07) is 8.34. The Labute approximate surface area is 114 Å². The molecule has 3 saturated carbocycles. The zero-order valence-electron chi connectivity index (χ0n) is 11.2. The van der Waals surface area contributed by atoms with Gasteiger partial charge in [-0.1, -0.05) is 18.2 Å². The summed E-state index contributed by atoms with van der Waals surface area (Å²) < 4.78 is 12.5. The van der Waals surface area contributed by atoms with Crippen LogP contribution in [0.4, 0.5) is 0 Å². The van der Waals surface area contributed by atoms with Crippen LogP contribution < -0.4 is 4.74 Å². The summed E-state index contributed by atoms with van der Waals surface area (Å²) in [6.07, 6.45) is 6.67. The summed E-state index contributed by atoms with van der Waals surface area (Å²) in [7, 11) is 0. The van der Waals surface area contributed by atoms with Gasteiger partial charge in [-0.3, -0.25) is 0 Å². The van der Waals surface area contributed by atoms with Gasteiger partial charge in [-0.05, 0) is 49.0 Å². The lowest BCUT2D eigenvalue weighted by Gasteiger charge is -2.36. The summed E-state index contributed by atoms with van der Waals surface area (Å²) in [4.78, 5) is 0. The van der Waals surface area contributed by atoms with Gasteiger partial charge in [0.05, 0.1) is 6.61 Å². The fourth-order valence-corrected chi connectivity index (χ4v) is 5.33. The Morgan fingerprint density at radius 1 is 1.00 bits per heavy atom. The number of benzene rings is 1. The highest BCUT2D eigenvalue weighted by molar-refractivity contribution is 5.34. The van der Waals surface area contributed by atoms with Gasteiger partial charge in [-0.2, -0.15) is 0 Å². The van der Waals surface area contributed by atoms with Gasteiger partial charge in [0.15, 0.2) is 0 Å². The SMILES string of the molecule is c1ccc2c(c1)COC1(CC3C4CCC(C4)C3C1)O2. The molecule has 4 atom stereocenters.